The van der Waals surface area contributed by atoms with Gasteiger partial charge in [-0.05, 0) is 181 Å². The molecule has 9 nitrogen and oxygen atoms in total. The maximum absolute atomic E-state index is 6.18. The molecule has 4 aliphatic heterocycles. The van der Waals surface area contributed by atoms with Crippen molar-refractivity contribution in [2.45, 2.75) is 165 Å². The number of benzene rings is 6. The summed E-state index contributed by atoms with van der Waals surface area (Å²) in [5, 5.41) is 1.60. The summed E-state index contributed by atoms with van der Waals surface area (Å²) in [6.45, 7) is 47.4. The molecule has 1 unspecified atom stereocenters. The summed E-state index contributed by atoms with van der Waals surface area (Å²) in [5.74, 6) is 12.9. The molecule has 0 aliphatic carbocycles. The van der Waals surface area contributed by atoms with Crippen LogP contribution in [0.4, 0.5) is 0 Å². The van der Waals surface area contributed by atoms with Gasteiger partial charge in [0.1, 0.15) is 23.0 Å². The SMILES string of the molecule is C=C(C)N1C[C@H](c2ccccc2)[C@@H](C(C)C)C1.C=C(OC)N1C[C@H](c2ccccc2)[C@@H](C(C)C)C1.CC(C)C1CCCOc2ccccc21.CC(C)[C@@H]1CCCOc2ccccc21.Cc1ccc([C@@H](c2cnco2)C(C)C)cc1Cl.Cc1ccc([C@H](c2cnco2)C(C)C)cc1Cl. The minimum absolute atomic E-state index is 0.204. The van der Waals surface area contributed by atoms with E-state index in [0.717, 1.165) is 101 Å². The third kappa shape index (κ3) is 21.9. The van der Waals surface area contributed by atoms with Crippen LogP contribution in [-0.4, -0.2) is 66.3 Å². The second-order valence-electron chi connectivity index (χ2n) is 29.0. The molecule has 6 aromatic carbocycles. The lowest BCUT2D eigenvalue weighted by atomic mass is 9.82. The average molecular weight is 1350 g/mol. The molecule has 97 heavy (non-hydrogen) atoms. The third-order valence-electron chi connectivity index (χ3n) is 20.1. The van der Waals surface area contributed by atoms with Crippen molar-refractivity contribution >= 4 is 23.2 Å². The standard InChI is InChI=1S/C16H23NO.C16H23N.2C14H16ClNO.2C13H18O/c1-12(2)15-10-17(13(3)18-4)11-16(15)14-8-6-5-7-9-14;1-12(2)15-10-17(13(3)4)11-16(15)14-8-6-5-7-9-14;2*1-9(2)14(13-7-16-8-17-13)11-5-4-10(3)12(15)6-11;2*1-10(2)11-7-5-9-14-13-8-4-3-6-12(11)13/h5-9,12,15-16H,3,10-11H2,1-2,4H3;5-9,12,15-16H,3,10-11H2,1-2,4H3;2*4-9,14H,1-3H3;2*3-4,6,8,10-11H,5,7,9H2,1-2H3/t2*15-,16-;2*14-;11-;/m11100./s1. The van der Waals surface area contributed by atoms with Gasteiger partial charge in [0, 0.05) is 65.6 Å². The second kappa shape index (κ2) is 38.2. The highest BCUT2D eigenvalue weighted by Crippen LogP contribution is 2.43. The fourth-order valence-electron chi connectivity index (χ4n) is 14.4. The molecular weight excluding hydrogens is 1240 g/mol. The van der Waals surface area contributed by atoms with Gasteiger partial charge in [0.25, 0.3) is 0 Å². The predicted molar refractivity (Wildman–Crippen MR) is 405 cm³/mol. The molecule has 0 saturated carbocycles. The third-order valence-corrected chi connectivity index (χ3v) is 20.9. The lowest BCUT2D eigenvalue weighted by Gasteiger charge is -2.21. The van der Waals surface area contributed by atoms with Crippen LogP contribution < -0.4 is 9.47 Å². The van der Waals surface area contributed by atoms with Gasteiger partial charge in [-0.2, -0.15) is 0 Å². The molecule has 0 radical (unpaired) electrons. The molecule has 6 heterocycles. The van der Waals surface area contributed by atoms with Crippen molar-refractivity contribution in [3.8, 4) is 11.5 Å². The zero-order chi connectivity index (χ0) is 70.3. The number of hydrogen-bond acceptors (Lipinski definition) is 9. The van der Waals surface area contributed by atoms with E-state index in [-0.39, 0.29) is 11.8 Å². The fraction of sp³-hybridized carbons (Fsp3) is 0.465. The number of rotatable bonds is 15. The molecule has 0 N–H and O–H groups in total. The van der Waals surface area contributed by atoms with E-state index in [4.69, 9.17) is 46.2 Å². The summed E-state index contributed by atoms with van der Waals surface area (Å²) in [4.78, 5) is 12.7. The first-order valence-corrected chi connectivity index (χ1v) is 36.4. The predicted octanol–water partition coefficient (Wildman–Crippen LogP) is 23.4. The Morgan fingerprint density at radius 3 is 1.22 bits per heavy atom. The number of ether oxygens (including phenoxy) is 3. The van der Waals surface area contributed by atoms with E-state index >= 15 is 0 Å². The van der Waals surface area contributed by atoms with Crippen LogP contribution in [0.1, 0.15) is 207 Å². The highest BCUT2D eigenvalue weighted by molar-refractivity contribution is 6.31. The summed E-state index contributed by atoms with van der Waals surface area (Å²) in [6, 6.07) is 51.0. The van der Waals surface area contributed by atoms with Gasteiger partial charge in [-0.3, -0.25) is 0 Å². The Hall–Kier alpha value is -7.20. The number of methoxy groups -OCH3 is 1. The van der Waals surface area contributed by atoms with Gasteiger partial charge in [0.15, 0.2) is 18.7 Å². The maximum atomic E-state index is 6.18. The Balaban J connectivity index is 0.000000164. The smallest absolute Gasteiger partial charge is 0.181 e. The van der Waals surface area contributed by atoms with Crippen molar-refractivity contribution in [2.75, 3.05) is 46.5 Å². The number of oxazole rings is 2. The van der Waals surface area contributed by atoms with E-state index < -0.39 is 0 Å². The number of likely N-dealkylation sites (tertiary alicyclic amines) is 2. The van der Waals surface area contributed by atoms with Crippen molar-refractivity contribution in [1.29, 1.82) is 0 Å². The van der Waals surface area contributed by atoms with Crippen molar-refractivity contribution < 1.29 is 23.0 Å². The van der Waals surface area contributed by atoms with Crippen LogP contribution in [0.25, 0.3) is 0 Å². The minimum atomic E-state index is 0.204. The number of aryl methyl sites for hydroxylation is 2. The van der Waals surface area contributed by atoms with Crippen LogP contribution in [0.2, 0.25) is 10.0 Å². The topological polar surface area (TPSA) is 86.2 Å². The Morgan fingerprint density at radius 1 is 0.495 bits per heavy atom. The zero-order valence-corrected chi connectivity index (χ0v) is 62.8. The molecule has 0 amide bonds. The highest BCUT2D eigenvalue weighted by Gasteiger charge is 2.37. The summed E-state index contributed by atoms with van der Waals surface area (Å²) in [7, 11) is 1.70. The molecule has 2 aromatic heterocycles. The van der Waals surface area contributed by atoms with Crippen LogP contribution in [0.3, 0.4) is 0 Å². The number of fused-ring (bicyclic) bond motifs is 2. The quantitative estimate of drug-likeness (QED) is 0.0932. The largest absolute Gasteiger partial charge is 0.493 e. The van der Waals surface area contributed by atoms with E-state index in [1.165, 1.54) is 77.5 Å². The van der Waals surface area contributed by atoms with E-state index in [1.54, 1.807) is 19.5 Å². The van der Waals surface area contributed by atoms with Gasteiger partial charge >= 0.3 is 0 Å². The van der Waals surface area contributed by atoms with E-state index in [1.807, 2.05) is 38.1 Å². The normalized spacial score (nSPS) is 19.3. The zero-order valence-electron chi connectivity index (χ0n) is 61.3. The molecule has 8 aromatic rings. The molecule has 8 atom stereocenters. The molecule has 522 valence electrons. The van der Waals surface area contributed by atoms with Crippen molar-refractivity contribution in [2.24, 2.45) is 47.3 Å². The Morgan fingerprint density at radius 2 is 0.876 bits per heavy atom. The van der Waals surface area contributed by atoms with Gasteiger partial charge in [0.05, 0.1) is 32.7 Å². The number of para-hydroxylation sites is 2. The first kappa shape index (κ1) is 77.2. The maximum Gasteiger partial charge on any atom is 0.181 e. The van der Waals surface area contributed by atoms with E-state index in [2.05, 4.69) is 244 Å². The molecule has 0 bridgehead atoms. The Kier molecular flexibility index (Phi) is 30.4. The Bertz CT molecular complexity index is 3430. The minimum Gasteiger partial charge on any atom is -0.493 e. The molecule has 12 rings (SSSR count). The van der Waals surface area contributed by atoms with Crippen LogP contribution in [-0.2, 0) is 4.74 Å². The van der Waals surface area contributed by atoms with Gasteiger partial charge in [0.2, 0.25) is 0 Å². The summed E-state index contributed by atoms with van der Waals surface area (Å²) >= 11 is 12.4. The lowest BCUT2D eigenvalue weighted by Crippen LogP contribution is -2.21. The van der Waals surface area contributed by atoms with Crippen molar-refractivity contribution in [3.63, 3.8) is 0 Å². The molecule has 4 aliphatic rings. The fourth-order valence-corrected chi connectivity index (χ4v) is 14.8. The van der Waals surface area contributed by atoms with Gasteiger partial charge in [-0.1, -0.05) is 234 Å². The van der Waals surface area contributed by atoms with E-state index in [0.29, 0.717) is 59.2 Å². The second-order valence-corrected chi connectivity index (χ2v) is 29.8. The number of allylic oxidation sites excluding steroid dienone is 1. The summed E-state index contributed by atoms with van der Waals surface area (Å²) < 4.78 is 27.6. The molecule has 2 fully saturated rings. The number of hydrogen-bond donors (Lipinski definition) is 0. The first-order valence-electron chi connectivity index (χ1n) is 35.7. The number of nitrogens with zero attached hydrogens (tertiary/aromatic N) is 4. The summed E-state index contributed by atoms with van der Waals surface area (Å²) in [6.07, 6.45) is 11.4. The monoisotopic (exact) mass is 1350 g/mol. The van der Waals surface area contributed by atoms with Gasteiger partial charge in [-0.15, -0.1) is 0 Å². The molecular formula is C86H114Cl2N4O5. The Labute approximate surface area is 594 Å². The van der Waals surface area contributed by atoms with Crippen LogP contribution in [0, 0.1) is 61.2 Å². The molecule has 11 heteroatoms. The molecule has 2 saturated heterocycles. The highest BCUT2D eigenvalue weighted by atomic mass is 35.5. The first-order chi connectivity index (χ1) is 46.5. The van der Waals surface area contributed by atoms with Crippen LogP contribution in [0.15, 0.2) is 204 Å². The van der Waals surface area contributed by atoms with Gasteiger partial charge < -0.3 is 32.8 Å². The number of halogens is 2. The lowest BCUT2D eigenvalue weighted by molar-refractivity contribution is 0.169. The van der Waals surface area contributed by atoms with Crippen LogP contribution >= 0.6 is 23.2 Å². The van der Waals surface area contributed by atoms with Crippen LogP contribution in [0.5, 0.6) is 11.5 Å². The number of aromatic nitrogens is 2. The average Bonchev–Trinajstić information content (AvgIpc) is 1.17. The van der Waals surface area contributed by atoms with E-state index in [9.17, 15) is 0 Å². The van der Waals surface area contributed by atoms with Gasteiger partial charge in [-0.25, -0.2) is 9.97 Å². The van der Waals surface area contributed by atoms with Crippen molar-refractivity contribution in [3.05, 3.63) is 262 Å². The molecule has 0 spiro atoms. The summed E-state index contributed by atoms with van der Waals surface area (Å²) in [5.41, 5.74) is 11.5. The van der Waals surface area contributed by atoms with Crippen molar-refractivity contribution in [1.82, 2.24) is 19.8 Å².